The Kier molecular flexibility index (Phi) is 8.42. The van der Waals surface area contributed by atoms with Gasteiger partial charge in [0.05, 0.1) is 19.8 Å². The van der Waals surface area contributed by atoms with Gasteiger partial charge in [-0.05, 0) is 49.2 Å². The van der Waals surface area contributed by atoms with Crippen molar-refractivity contribution in [3.63, 3.8) is 0 Å². The molecule has 0 aliphatic heterocycles. The van der Waals surface area contributed by atoms with E-state index in [-0.39, 0.29) is 24.2 Å². The maximum Gasteiger partial charge on any atom is 0.279 e. The number of carbonyl (C=O) groups excluding carboxylic acids is 2. The van der Waals surface area contributed by atoms with Gasteiger partial charge in [0.2, 0.25) is 0 Å². The molecule has 2 atom stereocenters. The molecule has 156 valence electrons. The van der Waals surface area contributed by atoms with Crippen LogP contribution in [0.25, 0.3) is 0 Å². The average Bonchev–Trinajstić information content (AvgIpc) is 2.68. The lowest BCUT2D eigenvalue weighted by atomic mass is 10.1. The first-order valence-corrected chi connectivity index (χ1v) is 9.65. The highest BCUT2D eigenvalue weighted by Gasteiger charge is 2.24. The van der Waals surface area contributed by atoms with Gasteiger partial charge in [0, 0.05) is 11.6 Å². The summed E-state index contributed by atoms with van der Waals surface area (Å²) in [7, 11) is 3.29. The number of quaternary nitrogens is 1. The van der Waals surface area contributed by atoms with Gasteiger partial charge >= 0.3 is 0 Å². The van der Waals surface area contributed by atoms with Crippen molar-refractivity contribution in [1.29, 1.82) is 0 Å². The number of hydrogen-bond acceptors (Lipinski definition) is 3. The largest absolute Gasteiger partial charge is 0.495 e. The van der Waals surface area contributed by atoms with E-state index in [4.69, 9.17) is 16.3 Å². The molecule has 0 radical (unpaired) electrons. The Morgan fingerprint density at radius 2 is 1.90 bits per heavy atom. The fourth-order valence-electron chi connectivity index (χ4n) is 2.74. The van der Waals surface area contributed by atoms with Crippen molar-refractivity contribution in [2.75, 3.05) is 32.6 Å². The maximum absolute atomic E-state index is 12.9. The summed E-state index contributed by atoms with van der Waals surface area (Å²) in [5.41, 5.74) is 1.42. The van der Waals surface area contributed by atoms with Crippen LogP contribution < -0.4 is 20.3 Å². The molecule has 3 N–H and O–H groups in total. The number of benzene rings is 2. The van der Waals surface area contributed by atoms with Gasteiger partial charge in [-0.25, -0.2) is 4.39 Å². The van der Waals surface area contributed by atoms with Crippen LogP contribution in [0.4, 0.5) is 10.1 Å². The highest BCUT2D eigenvalue weighted by Crippen LogP contribution is 2.27. The lowest BCUT2D eigenvalue weighted by Crippen LogP contribution is -3.15. The van der Waals surface area contributed by atoms with Gasteiger partial charge in [0.25, 0.3) is 11.8 Å². The van der Waals surface area contributed by atoms with Crippen molar-refractivity contribution in [2.45, 2.75) is 19.4 Å². The first-order valence-electron chi connectivity index (χ1n) is 9.28. The zero-order chi connectivity index (χ0) is 21.4. The number of hydrogen-bond donors (Lipinski definition) is 3. The number of anilines is 1. The Morgan fingerprint density at radius 1 is 1.21 bits per heavy atom. The van der Waals surface area contributed by atoms with Gasteiger partial charge in [-0.15, -0.1) is 0 Å². The maximum atomic E-state index is 12.9. The molecule has 0 fully saturated rings. The van der Waals surface area contributed by atoms with Crippen LogP contribution >= 0.6 is 11.6 Å². The van der Waals surface area contributed by atoms with Crippen LogP contribution in [-0.4, -0.2) is 45.1 Å². The Morgan fingerprint density at radius 3 is 2.55 bits per heavy atom. The van der Waals surface area contributed by atoms with Gasteiger partial charge in [0.1, 0.15) is 11.6 Å². The molecule has 0 aliphatic rings. The quantitative estimate of drug-likeness (QED) is 0.576. The highest BCUT2D eigenvalue weighted by atomic mass is 35.5. The van der Waals surface area contributed by atoms with E-state index in [2.05, 4.69) is 10.6 Å². The molecule has 0 saturated carbocycles. The Bertz CT molecular complexity index is 846. The van der Waals surface area contributed by atoms with E-state index in [1.54, 1.807) is 44.3 Å². The van der Waals surface area contributed by atoms with Gasteiger partial charge < -0.3 is 20.3 Å². The van der Waals surface area contributed by atoms with E-state index in [9.17, 15) is 14.0 Å². The van der Waals surface area contributed by atoms with E-state index in [1.807, 2.05) is 0 Å². The number of rotatable bonds is 9. The van der Waals surface area contributed by atoms with Gasteiger partial charge in [0.15, 0.2) is 12.6 Å². The normalized spacial score (nSPS) is 12.7. The van der Waals surface area contributed by atoms with Crippen LogP contribution in [-0.2, 0) is 16.0 Å². The highest BCUT2D eigenvalue weighted by molar-refractivity contribution is 6.31. The number of amides is 2. The number of carbonyl (C=O) groups is 2. The number of ether oxygens (including phenoxy) is 1. The Hall–Kier alpha value is -2.64. The van der Waals surface area contributed by atoms with E-state index < -0.39 is 6.04 Å². The molecule has 2 aromatic rings. The summed E-state index contributed by atoms with van der Waals surface area (Å²) in [6, 6.07) is 10.7. The SMILES string of the molecule is COc1ccc(Cl)cc1NC(=O)C[NH+](C)[C@H](C)C(=O)NCCc1ccc(F)cc1. The van der Waals surface area contributed by atoms with Crippen LogP contribution in [0, 0.1) is 5.82 Å². The third-order valence-electron chi connectivity index (χ3n) is 4.63. The minimum Gasteiger partial charge on any atom is -0.495 e. The molecule has 1 unspecified atom stereocenters. The molecular formula is C21H26ClFN3O3+. The number of nitrogens with one attached hydrogen (secondary N) is 3. The molecule has 0 aromatic heterocycles. The van der Waals surface area contributed by atoms with Crippen LogP contribution in [0.5, 0.6) is 5.75 Å². The van der Waals surface area contributed by atoms with Gasteiger partial charge in [-0.3, -0.25) is 9.59 Å². The summed E-state index contributed by atoms with van der Waals surface area (Å²) in [4.78, 5) is 25.5. The third kappa shape index (κ3) is 7.03. The fourth-order valence-corrected chi connectivity index (χ4v) is 2.91. The summed E-state index contributed by atoms with van der Waals surface area (Å²) < 4.78 is 18.1. The molecule has 2 amide bonds. The van der Waals surface area contributed by atoms with E-state index in [1.165, 1.54) is 19.2 Å². The summed E-state index contributed by atoms with van der Waals surface area (Å²) >= 11 is 5.97. The first kappa shape index (κ1) is 22.6. The molecular weight excluding hydrogens is 397 g/mol. The van der Waals surface area contributed by atoms with Crippen LogP contribution in [0.2, 0.25) is 5.02 Å². The van der Waals surface area contributed by atoms with E-state index in [0.29, 0.717) is 29.4 Å². The van der Waals surface area contributed by atoms with Crippen molar-refractivity contribution in [2.24, 2.45) is 0 Å². The number of halogens is 2. The molecule has 0 saturated heterocycles. The van der Waals surface area contributed by atoms with Crippen LogP contribution in [0.15, 0.2) is 42.5 Å². The smallest absolute Gasteiger partial charge is 0.279 e. The van der Waals surface area contributed by atoms with Gasteiger partial charge in [-0.2, -0.15) is 0 Å². The standard InChI is InChI=1S/C21H25ClFN3O3/c1-14(21(28)24-11-10-15-4-7-17(23)8-5-15)26(2)13-20(27)25-18-12-16(22)6-9-19(18)29-3/h4-9,12,14H,10-11,13H2,1-3H3,(H,24,28)(H,25,27)/p+1/t14-/m1/s1. The first-order chi connectivity index (χ1) is 13.8. The summed E-state index contributed by atoms with van der Waals surface area (Å²) in [6.45, 7) is 2.30. The molecule has 2 aromatic carbocycles. The minimum atomic E-state index is -0.421. The predicted octanol–water partition coefficient (Wildman–Crippen LogP) is 1.69. The Labute approximate surface area is 175 Å². The second-order valence-electron chi connectivity index (χ2n) is 6.81. The Balaban J connectivity index is 1.81. The van der Waals surface area contributed by atoms with Crippen LogP contribution in [0.1, 0.15) is 12.5 Å². The zero-order valence-electron chi connectivity index (χ0n) is 16.7. The molecule has 29 heavy (non-hydrogen) atoms. The molecule has 0 aliphatic carbocycles. The molecule has 0 bridgehead atoms. The van der Waals surface area contributed by atoms with Gasteiger partial charge in [-0.1, -0.05) is 23.7 Å². The predicted molar refractivity (Wildman–Crippen MR) is 111 cm³/mol. The summed E-state index contributed by atoms with van der Waals surface area (Å²) in [5, 5.41) is 6.10. The van der Waals surface area contributed by atoms with Crippen molar-refractivity contribution < 1.29 is 23.6 Å². The summed E-state index contributed by atoms with van der Waals surface area (Å²) in [5.74, 6) is -0.191. The number of likely N-dealkylation sites (N-methyl/N-ethyl adjacent to an activating group) is 1. The van der Waals surface area contributed by atoms with Crippen LogP contribution in [0.3, 0.4) is 0 Å². The topological polar surface area (TPSA) is 71.9 Å². The monoisotopic (exact) mass is 422 g/mol. The molecule has 0 spiro atoms. The minimum absolute atomic E-state index is 0.0994. The van der Waals surface area contributed by atoms with Crippen molar-refractivity contribution >= 4 is 29.1 Å². The fraction of sp³-hybridized carbons (Fsp3) is 0.333. The van der Waals surface area contributed by atoms with Crippen molar-refractivity contribution in [1.82, 2.24) is 5.32 Å². The lowest BCUT2D eigenvalue weighted by Gasteiger charge is -2.21. The molecule has 0 heterocycles. The summed E-state index contributed by atoms with van der Waals surface area (Å²) in [6.07, 6.45) is 0.604. The zero-order valence-corrected chi connectivity index (χ0v) is 17.5. The number of methoxy groups -OCH3 is 1. The lowest BCUT2D eigenvalue weighted by molar-refractivity contribution is -0.885. The van der Waals surface area contributed by atoms with Crippen molar-refractivity contribution in [3.05, 3.63) is 58.9 Å². The average molecular weight is 423 g/mol. The molecule has 8 heteroatoms. The molecule has 6 nitrogen and oxygen atoms in total. The third-order valence-corrected chi connectivity index (χ3v) is 4.87. The van der Waals surface area contributed by atoms with E-state index in [0.717, 1.165) is 10.5 Å². The molecule has 2 rings (SSSR count). The second-order valence-corrected chi connectivity index (χ2v) is 7.24. The van der Waals surface area contributed by atoms with E-state index >= 15 is 0 Å². The second kappa shape index (κ2) is 10.8. The van der Waals surface area contributed by atoms with Crippen molar-refractivity contribution in [3.8, 4) is 5.75 Å².